The summed E-state index contributed by atoms with van der Waals surface area (Å²) >= 11 is 3.98. The zero-order chi connectivity index (χ0) is 13.8. The van der Waals surface area contributed by atoms with E-state index in [2.05, 4.69) is 53.8 Å². The van der Waals surface area contributed by atoms with E-state index >= 15 is 0 Å². The first kappa shape index (κ1) is 14.1. The lowest BCUT2D eigenvalue weighted by Gasteiger charge is -2.11. The predicted octanol–water partition coefficient (Wildman–Crippen LogP) is 4.39. The second kappa shape index (κ2) is 6.70. The van der Waals surface area contributed by atoms with Crippen LogP contribution in [0.3, 0.4) is 0 Å². The van der Waals surface area contributed by atoms with Gasteiger partial charge in [0.05, 0.1) is 0 Å². The Balaban J connectivity index is 1.64. The van der Waals surface area contributed by atoms with Gasteiger partial charge in [-0.2, -0.15) is 0 Å². The summed E-state index contributed by atoms with van der Waals surface area (Å²) < 4.78 is 0. The largest absolute Gasteiger partial charge is 0.316 e. The molecule has 0 aliphatic carbocycles. The van der Waals surface area contributed by atoms with Gasteiger partial charge in [-0.1, -0.05) is 30.3 Å². The molecule has 0 saturated heterocycles. The molecule has 1 nitrogen and oxygen atoms in total. The maximum absolute atomic E-state index is 3.21. The van der Waals surface area contributed by atoms with Crippen molar-refractivity contribution in [1.29, 1.82) is 0 Å². The molecule has 0 radical (unpaired) electrons. The van der Waals surface area contributed by atoms with Crippen LogP contribution in [0.15, 0.2) is 58.3 Å². The summed E-state index contributed by atoms with van der Waals surface area (Å²) in [7, 11) is 1.99. The zero-order valence-electron chi connectivity index (χ0n) is 11.6. The summed E-state index contributed by atoms with van der Waals surface area (Å²) in [6.07, 6.45) is 0. The minimum atomic E-state index is 0.689. The highest BCUT2D eigenvalue weighted by Gasteiger charge is 2.22. The Morgan fingerprint density at radius 2 is 2.10 bits per heavy atom. The Hall–Kier alpha value is -0.900. The molecule has 3 heteroatoms. The Bertz CT molecular complexity index is 583. The van der Waals surface area contributed by atoms with Crippen molar-refractivity contribution in [1.82, 2.24) is 5.32 Å². The van der Waals surface area contributed by atoms with E-state index < -0.39 is 0 Å². The van der Waals surface area contributed by atoms with Crippen LogP contribution in [0.4, 0.5) is 0 Å². The Kier molecular flexibility index (Phi) is 4.71. The summed E-state index contributed by atoms with van der Waals surface area (Å²) in [5.74, 6) is 3.09. The first-order valence-electron chi connectivity index (χ1n) is 6.95. The van der Waals surface area contributed by atoms with E-state index in [1.807, 2.05) is 30.6 Å². The van der Waals surface area contributed by atoms with Crippen molar-refractivity contribution in [3.63, 3.8) is 0 Å². The Morgan fingerprint density at radius 1 is 1.20 bits per heavy atom. The summed E-state index contributed by atoms with van der Waals surface area (Å²) in [6, 6.07) is 17.7. The van der Waals surface area contributed by atoms with E-state index in [1.165, 1.54) is 32.4 Å². The summed E-state index contributed by atoms with van der Waals surface area (Å²) in [4.78, 5) is 2.86. The lowest BCUT2D eigenvalue weighted by molar-refractivity contribution is 0.815. The third-order valence-corrected chi connectivity index (χ3v) is 5.94. The molecule has 1 aliphatic heterocycles. The minimum absolute atomic E-state index is 0.689. The average molecular weight is 301 g/mol. The quantitative estimate of drug-likeness (QED) is 0.823. The number of hydrogen-bond acceptors (Lipinski definition) is 3. The molecule has 3 rings (SSSR count). The monoisotopic (exact) mass is 301 g/mol. The maximum atomic E-state index is 3.21. The van der Waals surface area contributed by atoms with Gasteiger partial charge in [0, 0.05) is 33.8 Å². The van der Waals surface area contributed by atoms with Crippen LogP contribution in [-0.2, 0) is 6.54 Å². The zero-order valence-corrected chi connectivity index (χ0v) is 13.3. The van der Waals surface area contributed by atoms with Gasteiger partial charge in [0.2, 0.25) is 0 Å². The molecule has 0 saturated carbocycles. The molecule has 0 aromatic heterocycles. The molecule has 0 spiro atoms. The van der Waals surface area contributed by atoms with Gasteiger partial charge in [0.1, 0.15) is 0 Å². The van der Waals surface area contributed by atoms with Crippen LogP contribution in [0.5, 0.6) is 0 Å². The third-order valence-electron chi connectivity index (χ3n) is 3.53. The van der Waals surface area contributed by atoms with Gasteiger partial charge in [-0.3, -0.25) is 0 Å². The first-order chi connectivity index (χ1) is 9.86. The number of benzene rings is 2. The highest BCUT2D eigenvalue weighted by atomic mass is 32.2. The number of nitrogens with one attached hydrogen (secondary N) is 1. The minimum Gasteiger partial charge on any atom is -0.316 e. The lowest BCUT2D eigenvalue weighted by atomic mass is 10.0. The van der Waals surface area contributed by atoms with E-state index in [-0.39, 0.29) is 0 Å². The topological polar surface area (TPSA) is 12.0 Å². The smallest absolute Gasteiger partial charge is 0.0202 e. The molecule has 0 amide bonds. The maximum Gasteiger partial charge on any atom is 0.0202 e. The van der Waals surface area contributed by atoms with Crippen molar-refractivity contribution in [2.75, 3.05) is 18.6 Å². The molecule has 2 aromatic rings. The molecular formula is C17H19NS2. The van der Waals surface area contributed by atoms with Gasteiger partial charge in [-0.15, -0.1) is 23.5 Å². The molecule has 1 unspecified atom stereocenters. The van der Waals surface area contributed by atoms with Gasteiger partial charge in [-0.05, 0) is 36.4 Å². The SMILES string of the molecule is CNCc1cccc(SCC2CSc3ccccc32)c1. The van der Waals surface area contributed by atoms with Crippen LogP contribution >= 0.6 is 23.5 Å². The summed E-state index contributed by atoms with van der Waals surface area (Å²) in [5.41, 5.74) is 2.90. The van der Waals surface area contributed by atoms with E-state index in [9.17, 15) is 0 Å². The van der Waals surface area contributed by atoms with Gasteiger partial charge >= 0.3 is 0 Å². The number of fused-ring (bicyclic) bond motifs is 1. The Morgan fingerprint density at radius 3 is 3.00 bits per heavy atom. The normalized spacial score (nSPS) is 17.1. The van der Waals surface area contributed by atoms with Crippen LogP contribution < -0.4 is 5.32 Å². The number of thioether (sulfide) groups is 2. The second-order valence-corrected chi connectivity index (χ2v) is 7.19. The second-order valence-electron chi connectivity index (χ2n) is 5.03. The highest BCUT2D eigenvalue weighted by Crippen LogP contribution is 2.41. The fraction of sp³-hybridized carbons (Fsp3) is 0.294. The molecular weight excluding hydrogens is 282 g/mol. The summed E-state index contributed by atoms with van der Waals surface area (Å²) in [5, 5.41) is 3.21. The van der Waals surface area contributed by atoms with E-state index in [0.717, 1.165) is 6.54 Å². The van der Waals surface area contributed by atoms with Gasteiger partial charge in [0.25, 0.3) is 0 Å². The Labute approximate surface area is 129 Å². The molecule has 1 aliphatic rings. The molecule has 0 fully saturated rings. The predicted molar refractivity (Wildman–Crippen MR) is 89.8 cm³/mol. The van der Waals surface area contributed by atoms with Crippen LogP contribution in [0.2, 0.25) is 0 Å². The van der Waals surface area contributed by atoms with Crippen molar-refractivity contribution in [3.05, 3.63) is 59.7 Å². The molecule has 20 heavy (non-hydrogen) atoms. The molecule has 0 bridgehead atoms. The van der Waals surface area contributed by atoms with Crippen molar-refractivity contribution in [2.45, 2.75) is 22.3 Å². The van der Waals surface area contributed by atoms with E-state index in [0.29, 0.717) is 5.92 Å². The lowest BCUT2D eigenvalue weighted by Crippen LogP contribution is -2.05. The van der Waals surface area contributed by atoms with Gasteiger partial charge in [-0.25, -0.2) is 0 Å². The van der Waals surface area contributed by atoms with Gasteiger partial charge < -0.3 is 5.32 Å². The fourth-order valence-corrected chi connectivity index (χ4v) is 5.02. The van der Waals surface area contributed by atoms with Crippen molar-refractivity contribution >= 4 is 23.5 Å². The van der Waals surface area contributed by atoms with Gasteiger partial charge in [0.15, 0.2) is 0 Å². The van der Waals surface area contributed by atoms with Crippen LogP contribution in [0.25, 0.3) is 0 Å². The first-order valence-corrected chi connectivity index (χ1v) is 8.92. The van der Waals surface area contributed by atoms with E-state index in [1.54, 1.807) is 0 Å². The fourth-order valence-electron chi connectivity index (χ4n) is 2.51. The number of rotatable bonds is 5. The third kappa shape index (κ3) is 3.22. The molecule has 1 heterocycles. The van der Waals surface area contributed by atoms with E-state index in [4.69, 9.17) is 0 Å². The van der Waals surface area contributed by atoms with Crippen LogP contribution in [0.1, 0.15) is 17.0 Å². The standard InChI is InChI=1S/C17H19NS2/c1-18-10-13-5-4-6-15(9-13)19-11-14-12-20-17-8-3-2-7-16(14)17/h2-9,14,18H,10-12H2,1H3. The molecule has 1 N–H and O–H groups in total. The molecule has 104 valence electrons. The van der Waals surface area contributed by atoms with Crippen LogP contribution in [-0.4, -0.2) is 18.6 Å². The average Bonchev–Trinajstić information content (AvgIpc) is 2.89. The molecule has 1 atom stereocenters. The number of hydrogen-bond donors (Lipinski definition) is 1. The molecule has 2 aromatic carbocycles. The summed E-state index contributed by atoms with van der Waals surface area (Å²) in [6.45, 7) is 0.941. The van der Waals surface area contributed by atoms with Crippen LogP contribution in [0, 0.1) is 0 Å². The van der Waals surface area contributed by atoms with Crippen molar-refractivity contribution < 1.29 is 0 Å². The highest BCUT2D eigenvalue weighted by molar-refractivity contribution is 8.00. The van der Waals surface area contributed by atoms with Crippen molar-refractivity contribution in [3.8, 4) is 0 Å². The van der Waals surface area contributed by atoms with Crippen molar-refractivity contribution in [2.24, 2.45) is 0 Å².